The van der Waals surface area contributed by atoms with Crippen molar-refractivity contribution in [3.63, 3.8) is 0 Å². The molecule has 6 nitrogen and oxygen atoms in total. The summed E-state index contributed by atoms with van der Waals surface area (Å²) in [7, 11) is 3.96. The summed E-state index contributed by atoms with van der Waals surface area (Å²) >= 11 is 0. The molecule has 0 heterocycles. The van der Waals surface area contributed by atoms with Gasteiger partial charge in [0.05, 0.1) is 0 Å². The van der Waals surface area contributed by atoms with E-state index in [-0.39, 0.29) is 22.9 Å². The summed E-state index contributed by atoms with van der Waals surface area (Å²) in [6.45, 7) is 12.9. The van der Waals surface area contributed by atoms with Crippen LogP contribution >= 0.6 is 0 Å². The number of benzene rings is 2. The molecule has 0 bridgehead atoms. The summed E-state index contributed by atoms with van der Waals surface area (Å²) in [6, 6.07) is 15.7. The first-order valence-corrected chi connectivity index (χ1v) is 11.4. The molecule has 6 heteroatoms. The number of nitrogens with one attached hydrogen (secondary N) is 2. The number of hydrogen-bond donors (Lipinski definition) is 2. The Balaban J connectivity index is 2.35. The van der Waals surface area contributed by atoms with Gasteiger partial charge in [-0.3, -0.25) is 4.79 Å². The maximum Gasteiger partial charge on any atom is 0.318 e. The molecule has 180 valence electrons. The van der Waals surface area contributed by atoms with Crippen LogP contribution in [0.15, 0.2) is 48.5 Å². The number of rotatable bonds is 7. The minimum atomic E-state index is -0.348. The maximum atomic E-state index is 13.2. The smallest absolute Gasteiger partial charge is 0.318 e. The highest BCUT2D eigenvalue weighted by molar-refractivity contribution is 5.91. The number of nitrogens with zero attached hydrogens (tertiary/aromatic N) is 2. The molecule has 2 N–H and O–H groups in total. The first-order chi connectivity index (χ1) is 15.2. The Morgan fingerprint density at radius 3 is 2.06 bits per heavy atom. The van der Waals surface area contributed by atoms with Gasteiger partial charge in [0.2, 0.25) is 5.91 Å². The molecule has 0 saturated carbocycles. The van der Waals surface area contributed by atoms with E-state index in [0.29, 0.717) is 19.5 Å². The Morgan fingerprint density at radius 2 is 1.52 bits per heavy atom. The van der Waals surface area contributed by atoms with Crippen molar-refractivity contribution in [3.8, 4) is 0 Å². The fraction of sp³-hybridized carbons (Fsp3) is 0.481. The first kappa shape index (κ1) is 26.2. The monoisotopic (exact) mass is 452 g/mol. The molecule has 3 amide bonds. The van der Waals surface area contributed by atoms with E-state index >= 15 is 0 Å². The largest absolute Gasteiger partial charge is 0.377 e. The van der Waals surface area contributed by atoms with Crippen LogP contribution in [0.1, 0.15) is 59.1 Å². The zero-order valence-corrected chi connectivity index (χ0v) is 21.5. The van der Waals surface area contributed by atoms with Crippen molar-refractivity contribution >= 4 is 23.3 Å². The maximum absolute atomic E-state index is 13.2. The van der Waals surface area contributed by atoms with Crippen LogP contribution in [0.5, 0.6) is 0 Å². The average Bonchev–Trinajstić information content (AvgIpc) is 2.65. The molecule has 0 unspecified atom stereocenters. The van der Waals surface area contributed by atoms with Gasteiger partial charge in [-0.05, 0) is 55.5 Å². The molecule has 0 aromatic heterocycles. The Bertz CT molecular complexity index is 941. The Hall–Kier alpha value is -3.02. The molecule has 0 saturated heterocycles. The number of carbonyl (C=O) groups excluding carboxylic acids is 2. The van der Waals surface area contributed by atoms with Crippen molar-refractivity contribution in [2.24, 2.45) is 5.41 Å². The van der Waals surface area contributed by atoms with E-state index < -0.39 is 0 Å². The van der Waals surface area contributed by atoms with Crippen molar-refractivity contribution in [1.82, 2.24) is 10.2 Å². The van der Waals surface area contributed by atoms with Crippen LogP contribution < -0.4 is 15.5 Å². The summed E-state index contributed by atoms with van der Waals surface area (Å²) < 4.78 is 0. The van der Waals surface area contributed by atoms with E-state index in [1.807, 2.05) is 114 Å². The van der Waals surface area contributed by atoms with Gasteiger partial charge in [-0.2, -0.15) is 0 Å². The lowest BCUT2D eigenvalue weighted by Crippen LogP contribution is -2.48. The quantitative estimate of drug-likeness (QED) is 0.572. The third-order valence-electron chi connectivity index (χ3n) is 4.88. The van der Waals surface area contributed by atoms with Gasteiger partial charge in [0, 0.05) is 50.5 Å². The molecule has 0 atom stereocenters. The predicted molar refractivity (Wildman–Crippen MR) is 137 cm³/mol. The first-order valence-electron chi connectivity index (χ1n) is 11.4. The van der Waals surface area contributed by atoms with E-state index in [9.17, 15) is 9.59 Å². The highest BCUT2D eigenvalue weighted by Crippen LogP contribution is 2.26. The van der Waals surface area contributed by atoms with Gasteiger partial charge in [0.15, 0.2) is 0 Å². The van der Waals surface area contributed by atoms with Crippen LogP contribution in [0.2, 0.25) is 0 Å². The molecular formula is C27H40N4O2. The van der Waals surface area contributed by atoms with Gasteiger partial charge in [-0.1, -0.05) is 51.1 Å². The van der Waals surface area contributed by atoms with Crippen molar-refractivity contribution < 1.29 is 9.59 Å². The molecule has 33 heavy (non-hydrogen) atoms. The van der Waals surface area contributed by atoms with Crippen LogP contribution in [0.4, 0.5) is 16.2 Å². The topological polar surface area (TPSA) is 64.7 Å². The Kier molecular flexibility index (Phi) is 8.53. The molecule has 2 aromatic rings. The van der Waals surface area contributed by atoms with Crippen LogP contribution in [0, 0.1) is 5.41 Å². The summed E-state index contributed by atoms with van der Waals surface area (Å²) in [6.07, 6.45) is 0.436. The molecule has 0 radical (unpaired) electrons. The lowest BCUT2D eigenvalue weighted by Gasteiger charge is -2.30. The number of hydrogen-bond acceptors (Lipinski definition) is 3. The summed E-state index contributed by atoms with van der Waals surface area (Å²) in [5.74, 6) is -0.0160. The number of amides is 3. The number of urea groups is 1. The molecule has 0 spiro atoms. The lowest BCUT2D eigenvalue weighted by molar-refractivity contribution is -0.117. The Labute approximate surface area is 199 Å². The van der Waals surface area contributed by atoms with E-state index in [2.05, 4.69) is 10.6 Å². The second-order valence-corrected chi connectivity index (χ2v) is 11.0. The molecule has 2 aromatic carbocycles. The van der Waals surface area contributed by atoms with Gasteiger partial charge in [0.1, 0.15) is 0 Å². The molecule has 0 aliphatic heterocycles. The SMILES string of the molecule is CN(C)c1ccc(NC(=O)CC(C)(C)C)cc1CN(Cc1ccccc1)C(=O)NC(C)(C)C. The minimum absolute atomic E-state index is 0.0160. The van der Waals surface area contributed by atoms with Crippen LogP contribution in [-0.4, -0.2) is 36.5 Å². The fourth-order valence-corrected chi connectivity index (χ4v) is 3.52. The van der Waals surface area contributed by atoms with Gasteiger partial charge in [-0.15, -0.1) is 0 Å². The zero-order valence-electron chi connectivity index (χ0n) is 21.5. The van der Waals surface area contributed by atoms with Crippen molar-refractivity contribution in [3.05, 3.63) is 59.7 Å². The van der Waals surface area contributed by atoms with Crippen molar-refractivity contribution in [1.29, 1.82) is 0 Å². The van der Waals surface area contributed by atoms with Crippen LogP contribution in [0.3, 0.4) is 0 Å². The summed E-state index contributed by atoms with van der Waals surface area (Å²) in [5, 5.41) is 6.10. The van der Waals surface area contributed by atoms with Crippen LogP contribution in [0.25, 0.3) is 0 Å². The molecule has 0 fully saturated rings. The highest BCUT2D eigenvalue weighted by atomic mass is 16.2. The van der Waals surface area contributed by atoms with Crippen molar-refractivity contribution in [2.75, 3.05) is 24.3 Å². The third-order valence-corrected chi connectivity index (χ3v) is 4.88. The van der Waals surface area contributed by atoms with Gasteiger partial charge in [0.25, 0.3) is 0 Å². The second kappa shape index (κ2) is 10.7. The van der Waals surface area contributed by atoms with Crippen molar-refractivity contribution in [2.45, 2.75) is 66.6 Å². The number of carbonyl (C=O) groups is 2. The zero-order chi connectivity index (χ0) is 24.8. The van der Waals surface area contributed by atoms with E-state index in [4.69, 9.17) is 0 Å². The van der Waals surface area contributed by atoms with Crippen LogP contribution in [-0.2, 0) is 17.9 Å². The van der Waals surface area contributed by atoms with Gasteiger partial charge < -0.3 is 20.4 Å². The average molecular weight is 453 g/mol. The lowest BCUT2D eigenvalue weighted by atomic mass is 9.92. The predicted octanol–water partition coefficient (Wildman–Crippen LogP) is 5.64. The standard InChI is InChI=1S/C27H40N4O2/c1-26(2,3)17-24(32)28-22-14-15-23(30(7)8)21(16-22)19-31(25(33)29-27(4,5)6)18-20-12-10-9-11-13-20/h9-16H,17-19H2,1-8H3,(H,28,32)(H,29,33). The summed E-state index contributed by atoms with van der Waals surface area (Å²) in [4.78, 5) is 29.5. The molecular weight excluding hydrogens is 412 g/mol. The van der Waals surface area contributed by atoms with Gasteiger partial charge in [-0.25, -0.2) is 4.79 Å². The van der Waals surface area contributed by atoms with E-state index in [0.717, 1.165) is 22.5 Å². The fourth-order valence-electron chi connectivity index (χ4n) is 3.52. The van der Waals surface area contributed by atoms with Gasteiger partial charge >= 0.3 is 6.03 Å². The second-order valence-electron chi connectivity index (χ2n) is 11.0. The van der Waals surface area contributed by atoms with E-state index in [1.54, 1.807) is 0 Å². The third kappa shape index (κ3) is 9.16. The highest BCUT2D eigenvalue weighted by Gasteiger charge is 2.22. The normalized spacial score (nSPS) is 11.6. The molecule has 2 rings (SSSR count). The summed E-state index contributed by atoms with van der Waals surface area (Å²) in [5.41, 5.74) is 3.33. The number of anilines is 2. The molecule has 0 aliphatic carbocycles. The van der Waals surface area contributed by atoms with E-state index in [1.165, 1.54) is 0 Å². The minimum Gasteiger partial charge on any atom is -0.377 e. The Morgan fingerprint density at radius 1 is 0.879 bits per heavy atom. The molecule has 0 aliphatic rings.